The minimum atomic E-state index is 0.179. The Hall–Kier alpha value is -2.51. The van der Waals surface area contributed by atoms with Crippen molar-refractivity contribution < 1.29 is 5.11 Å². The minimum absolute atomic E-state index is 0.179. The highest BCUT2D eigenvalue weighted by atomic mass is 32.1. The second kappa shape index (κ2) is 8.04. The van der Waals surface area contributed by atoms with Gasteiger partial charge in [0.15, 0.2) is 0 Å². The summed E-state index contributed by atoms with van der Waals surface area (Å²) < 4.78 is 0. The maximum Gasteiger partial charge on any atom is 0.227 e. The molecule has 130 valence electrons. The summed E-state index contributed by atoms with van der Waals surface area (Å²) >= 11 is 1.53. The molecule has 0 amide bonds. The fraction of sp³-hybridized carbons (Fsp3) is 0.278. The molecular weight excluding hydrogens is 334 g/mol. The van der Waals surface area contributed by atoms with Crippen molar-refractivity contribution in [3.8, 4) is 10.7 Å². The molecule has 0 bridgehead atoms. The number of aliphatic hydroxyl groups is 1. The molecule has 0 fully saturated rings. The number of aliphatic hydroxyl groups excluding tert-OH is 1. The van der Waals surface area contributed by atoms with Gasteiger partial charge in [0, 0.05) is 25.0 Å². The molecule has 6 nitrogen and oxygen atoms in total. The first-order valence-corrected chi connectivity index (χ1v) is 8.95. The molecular formula is C18H21N5OS. The SMILES string of the molecule is Cc1cc(C)cc(Nc2nccc(-c3ncc(NCCCO)s3)n2)c1. The van der Waals surface area contributed by atoms with Crippen molar-refractivity contribution in [3.63, 3.8) is 0 Å². The second-order valence-corrected chi connectivity index (χ2v) is 6.83. The zero-order valence-electron chi connectivity index (χ0n) is 14.3. The van der Waals surface area contributed by atoms with Crippen LogP contribution in [0.2, 0.25) is 0 Å². The van der Waals surface area contributed by atoms with Gasteiger partial charge in [-0.25, -0.2) is 15.0 Å². The van der Waals surface area contributed by atoms with Crippen molar-refractivity contribution >= 4 is 28.0 Å². The number of nitrogens with one attached hydrogen (secondary N) is 2. The molecule has 0 aliphatic heterocycles. The fourth-order valence-electron chi connectivity index (χ4n) is 2.48. The molecule has 0 radical (unpaired) electrons. The lowest BCUT2D eigenvalue weighted by atomic mass is 10.1. The van der Waals surface area contributed by atoms with E-state index in [4.69, 9.17) is 5.11 Å². The van der Waals surface area contributed by atoms with E-state index in [-0.39, 0.29) is 6.61 Å². The molecule has 2 heterocycles. The topological polar surface area (TPSA) is 83.0 Å². The largest absolute Gasteiger partial charge is 0.396 e. The van der Waals surface area contributed by atoms with E-state index in [1.165, 1.54) is 22.5 Å². The van der Waals surface area contributed by atoms with Gasteiger partial charge in [-0.2, -0.15) is 0 Å². The molecule has 0 unspecified atom stereocenters. The van der Waals surface area contributed by atoms with Gasteiger partial charge in [0.05, 0.1) is 6.20 Å². The number of anilines is 3. The van der Waals surface area contributed by atoms with Gasteiger partial charge in [-0.3, -0.25) is 0 Å². The summed E-state index contributed by atoms with van der Waals surface area (Å²) in [7, 11) is 0. The van der Waals surface area contributed by atoms with Crippen molar-refractivity contribution in [2.45, 2.75) is 20.3 Å². The van der Waals surface area contributed by atoms with Gasteiger partial charge in [-0.15, -0.1) is 0 Å². The first-order valence-electron chi connectivity index (χ1n) is 8.13. The number of rotatable bonds is 7. The van der Waals surface area contributed by atoms with Crippen molar-refractivity contribution in [1.29, 1.82) is 0 Å². The number of benzene rings is 1. The Morgan fingerprint density at radius 3 is 2.68 bits per heavy atom. The Morgan fingerprint density at radius 2 is 1.92 bits per heavy atom. The van der Waals surface area contributed by atoms with E-state index in [1.54, 1.807) is 12.4 Å². The van der Waals surface area contributed by atoms with Crippen LogP contribution in [-0.4, -0.2) is 33.2 Å². The molecule has 3 rings (SSSR count). The molecule has 25 heavy (non-hydrogen) atoms. The Labute approximate surface area is 151 Å². The molecule has 1 aromatic carbocycles. The lowest BCUT2D eigenvalue weighted by molar-refractivity contribution is 0.292. The normalized spacial score (nSPS) is 10.7. The van der Waals surface area contributed by atoms with Gasteiger partial charge in [-0.1, -0.05) is 17.4 Å². The number of aromatic nitrogens is 3. The molecule has 0 aliphatic carbocycles. The highest BCUT2D eigenvalue weighted by Crippen LogP contribution is 2.28. The summed E-state index contributed by atoms with van der Waals surface area (Å²) in [6.45, 7) is 5.03. The van der Waals surface area contributed by atoms with E-state index in [2.05, 4.69) is 57.6 Å². The van der Waals surface area contributed by atoms with Gasteiger partial charge in [0.25, 0.3) is 0 Å². The molecule has 2 aromatic heterocycles. The molecule has 0 spiro atoms. The van der Waals surface area contributed by atoms with Crippen LogP contribution in [0.4, 0.5) is 16.6 Å². The average Bonchev–Trinajstić information content (AvgIpc) is 3.03. The van der Waals surface area contributed by atoms with E-state index in [0.29, 0.717) is 12.4 Å². The molecule has 0 saturated carbocycles. The highest BCUT2D eigenvalue weighted by molar-refractivity contribution is 7.18. The lowest BCUT2D eigenvalue weighted by Gasteiger charge is -2.07. The maximum absolute atomic E-state index is 8.84. The van der Waals surface area contributed by atoms with Crippen LogP contribution in [0, 0.1) is 13.8 Å². The third-order valence-electron chi connectivity index (χ3n) is 3.49. The predicted molar refractivity (Wildman–Crippen MR) is 103 cm³/mol. The summed E-state index contributed by atoms with van der Waals surface area (Å²) in [6.07, 6.45) is 4.23. The van der Waals surface area contributed by atoms with Crippen LogP contribution < -0.4 is 10.6 Å². The van der Waals surface area contributed by atoms with Gasteiger partial charge < -0.3 is 15.7 Å². The van der Waals surface area contributed by atoms with Crippen molar-refractivity contribution in [2.75, 3.05) is 23.8 Å². The molecule has 3 N–H and O–H groups in total. The third kappa shape index (κ3) is 4.74. The summed E-state index contributed by atoms with van der Waals surface area (Å²) in [5.74, 6) is 0.549. The van der Waals surface area contributed by atoms with Crippen molar-refractivity contribution in [3.05, 3.63) is 47.8 Å². The van der Waals surface area contributed by atoms with Gasteiger partial charge in [0.2, 0.25) is 5.95 Å². The Morgan fingerprint density at radius 1 is 1.12 bits per heavy atom. The first-order chi connectivity index (χ1) is 12.1. The number of hydrogen-bond acceptors (Lipinski definition) is 7. The van der Waals surface area contributed by atoms with Crippen molar-refractivity contribution in [2.24, 2.45) is 0 Å². The Kier molecular flexibility index (Phi) is 5.57. The maximum atomic E-state index is 8.84. The zero-order chi connectivity index (χ0) is 17.6. The van der Waals surface area contributed by atoms with Gasteiger partial charge in [-0.05, 0) is 49.6 Å². The monoisotopic (exact) mass is 355 g/mol. The molecule has 0 saturated heterocycles. The molecule has 7 heteroatoms. The van der Waals surface area contributed by atoms with Crippen LogP contribution in [0.5, 0.6) is 0 Å². The van der Waals surface area contributed by atoms with Crippen LogP contribution in [0.15, 0.2) is 36.7 Å². The lowest BCUT2D eigenvalue weighted by Crippen LogP contribution is -2.01. The van der Waals surface area contributed by atoms with E-state index >= 15 is 0 Å². The van der Waals surface area contributed by atoms with Gasteiger partial charge in [0.1, 0.15) is 15.7 Å². The van der Waals surface area contributed by atoms with Crippen LogP contribution in [0.25, 0.3) is 10.7 Å². The Bertz CT molecular complexity index is 829. The third-order valence-corrected chi connectivity index (χ3v) is 4.47. The van der Waals surface area contributed by atoms with Crippen LogP contribution in [0.3, 0.4) is 0 Å². The standard InChI is InChI=1S/C18H21N5OS/c1-12-8-13(2)10-14(9-12)22-18-20-6-4-15(23-18)17-21-11-16(25-17)19-5-3-7-24/h4,6,8-11,19,24H,3,5,7H2,1-2H3,(H,20,22,23). The summed E-state index contributed by atoms with van der Waals surface area (Å²) in [5.41, 5.74) is 4.14. The van der Waals surface area contributed by atoms with E-state index in [1.807, 2.05) is 6.07 Å². The van der Waals surface area contributed by atoms with E-state index in [0.717, 1.165) is 27.9 Å². The number of thiazole rings is 1. The number of nitrogens with zero attached hydrogens (tertiary/aromatic N) is 3. The minimum Gasteiger partial charge on any atom is -0.396 e. The Balaban J connectivity index is 1.75. The molecule has 3 aromatic rings. The van der Waals surface area contributed by atoms with Crippen molar-refractivity contribution in [1.82, 2.24) is 15.0 Å². The van der Waals surface area contributed by atoms with Crippen LogP contribution in [-0.2, 0) is 0 Å². The number of hydrogen-bond donors (Lipinski definition) is 3. The predicted octanol–water partition coefficient (Wildman–Crippen LogP) is 3.75. The molecule has 0 aliphatic rings. The highest BCUT2D eigenvalue weighted by Gasteiger charge is 2.08. The van der Waals surface area contributed by atoms with Crippen LogP contribution >= 0.6 is 11.3 Å². The van der Waals surface area contributed by atoms with Gasteiger partial charge >= 0.3 is 0 Å². The smallest absolute Gasteiger partial charge is 0.227 e. The summed E-state index contributed by atoms with van der Waals surface area (Å²) in [5, 5.41) is 17.1. The second-order valence-electron chi connectivity index (χ2n) is 5.80. The quantitative estimate of drug-likeness (QED) is 0.560. The zero-order valence-corrected chi connectivity index (χ0v) is 15.1. The van der Waals surface area contributed by atoms with E-state index in [9.17, 15) is 0 Å². The van der Waals surface area contributed by atoms with Crippen LogP contribution in [0.1, 0.15) is 17.5 Å². The summed E-state index contributed by atoms with van der Waals surface area (Å²) in [4.78, 5) is 13.3. The first kappa shape index (κ1) is 17.3. The number of aryl methyl sites for hydroxylation is 2. The fourth-order valence-corrected chi connectivity index (χ4v) is 3.29. The summed E-state index contributed by atoms with van der Waals surface area (Å²) in [6, 6.07) is 8.11. The van der Waals surface area contributed by atoms with E-state index < -0.39 is 0 Å². The molecule has 0 atom stereocenters. The average molecular weight is 355 g/mol.